The predicted octanol–water partition coefficient (Wildman–Crippen LogP) is 1.81. The smallest absolute Gasteiger partial charge is 0.407 e. The zero-order valence-electron chi connectivity index (χ0n) is 10.1. The molecule has 1 heterocycles. The number of ether oxygens (including phenoxy) is 1. The van der Waals surface area contributed by atoms with Crippen molar-refractivity contribution >= 4 is 6.09 Å². The molecule has 0 bridgehead atoms. The molecule has 1 N–H and O–H groups in total. The summed E-state index contributed by atoms with van der Waals surface area (Å²) >= 11 is 0. The van der Waals surface area contributed by atoms with Crippen LogP contribution in [0.1, 0.15) is 32.2 Å². The molecular formula is C11H17N3O2. The second kappa shape index (κ2) is 4.92. The van der Waals surface area contributed by atoms with Crippen molar-refractivity contribution in [2.75, 3.05) is 0 Å². The van der Waals surface area contributed by atoms with Crippen LogP contribution in [0, 0.1) is 6.92 Å². The zero-order chi connectivity index (χ0) is 12.2. The molecule has 1 amide bonds. The van der Waals surface area contributed by atoms with Gasteiger partial charge in [-0.15, -0.1) is 0 Å². The molecule has 0 fully saturated rings. The van der Waals surface area contributed by atoms with Crippen molar-refractivity contribution in [1.29, 1.82) is 0 Å². The third kappa shape index (κ3) is 4.72. The molecule has 0 unspecified atom stereocenters. The summed E-state index contributed by atoms with van der Waals surface area (Å²) in [7, 11) is 0. The van der Waals surface area contributed by atoms with Gasteiger partial charge in [-0.2, -0.15) is 10.2 Å². The van der Waals surface area contributed by atoms with E-state index in [1.54, 1.807) is 0 Å². The van der Waals surface area contributed by atoms with Crippen LogP contribution in [-0.4, -0.2) is 21.9 Å². The normalized spacial score (nSPS) is 11.0. The Kier molecular flexibility index (Phi) is 3.82. The van der Waals surface area contributed by atoms with Crippen molar-refractivity contribution in [3.8, 4) is 0 Å². The van der Waals surface area contributed by atoms with Gasteiger partial charge in [-0.05, 0) is 39.8 Å². The molecule has 16 heavy (non-hydrogen) atoms. The van der Waals surface area contributed by atoms with Crippen molar-refractivity contribution in [2.45, 2.75) is 39.8 Å². The van der Waals surface area contributed by atoms with Gasteiger partial charge in [0.2, 0.25) is 0 Å². The minimum Gasteiger partial charge on any atom is -0.444 e. The van der Waals surface area contributed by atoms with Crippen molar-refractivity contribution in [3.05, 3.63) is 23.5 Å². The minimum absolute atomic E-state index is 0.322. The Morgan fingerprint density at radius 2 is 2.06 bits per heavy atom. The molecule has 0 aromatic carbocycles. The number of aromatic nitrogens is 2. The van der Waals surface area contributed by atoms with Gasteiger partial charge in [-0.3, -0.25) is 0 Å². The van der Waals surface area contributed by atoms with Crippen LogP contribution in [0.4, 0.5) is 4.79 Å². The Labute approximate surface area is 95.2 Å². The Hall–Kier alpha value is -1.65. The first-order valence-corrected chi connectivity index (χ1v) is 5.13. The average Bonchev–Trinajstić information content (AvgIpc) is 2.14. The number of hydrogen-bond acceptors (Lipinski definition) is 4. The standard InChI is InChI=1S/C11H17N3O2/c1-8-5-6-9(14-13-8)7-12-10(15)16-11(2,3)4/h5-6H,7H2,1-4H3,(H,12,15). The lowest BCUT2D eigenvalue weighted by Crippen LogP contribution is -2.32. The second-order valence-electron chi connectivity index (χ2n) is 4.52. The molecule has 1 aromatic heterocycles. The number of aryl methyl sites for hydroxylation is 1. The SMILES string of the molecule is Cc1ccc(CNC(=O)OC(C)(C)C)nn1. The molecule has 0 aliphatic heterocycles. The summed E-state index contributed by atoms with van der Waals surface area (Å²) in [6, 6.07) is 3.67. The first-order chi connectivity index (χ1) is 7.37. The number of nitrogens with zero attached hydrogens (tertiary/aromatic N) is 2. The number of hydrogen-bond donors (Lipinski definition) is 1. The van der Waals surface area contributed by atoms with Gasteiger partial charge in [0.25, 0.3) is 0 Å². The maximum absolute atomic E-state index is 11.3. The molecule has 0 atom stereocenters. The van der Waals surface area contributed by atoms with E-state index in [1.807, 2.05) is 39.8 Å². The highest BCUT2D eigenvalue weighted by Gasteiger charge is 2.15. The number of alkyl carbamates (subject to hydrolysis) is 1. The first-order valence-electron chi connectivity index (χ1n) is 5.13. The fourth-order valence-electron chi connectivity index (χ4n) is 0.998. The Balaban J connectivity index is 2.40. The third-order valence-electron chi connectivity index (χ3n) is 1.67. The zero-order valence-corrected chi connectivity index (χ0v) is 10.1. The molecule has 0 spiro atoms. The lowest BCUT2D eigenvalue weighted by atomic mass is 10.2. The summed E-state index contributed by atoms with van der Waals surface area (Å²) in [6.45, 7) is 7.63. The molecule has 0 aliphatic carbocycles. The maximum atomic E-state index is 11.3. The van der Waals surface area contributed by atoms with E-state index in [0.717, 1.165) is 5.69 Å². The van der Waals surface area contributed by atoms with Gasteiger partial charge >= 0.3 is 6.09 Å². The largest absolute Gasteiger partial charge is 0.444 e. The molecule has 88 valence electrons. The monoisotopic (exact) mass is 223 g/mol. The Bertz CT molecular complexity index is 354. The van der Waals surface area contributed by atoms with Crippen LogP contribution in [-0.2, 0) is 11.3 Å². The van der Waals surface area contributed by atoms with E-state index in [-0.39, 0.29) is 0 Å². The van der Waals surface area contributed by atoms with Crippen molar-refractivity contribution < 1.29 is 9.53 Å². The number of rotatable bonds is 2. The van der Waals surface area contributed by atoms with Crippen LogP contribution in [0.15, 0.2) is 12.1 Å². The summed E-state index contributed by atoms with van der Waals surface area (Å²) in [6.07, 6.45) is -0.449. The molecule has 0 radical (unpaired) electrons. The van der Waals surface area contributed by atoms with Crippen molar-refractivity contribution in [2.24, 2.45) is 0 Å². The Morgan fingerprint density at radius 1 is 1.38 bits per heavy atom. The molecule has 0 saturated carbocycles. The topological polar surface area (TPSA) is 64.1 Å². The van der Waals surface area contributed by atoms with E-state index < -0.39 is 11.7 Å². The van der Waals surface area contributed by atoms with E-state index in [9.17, 15) is 4.79 Å². The van der Waals surface area contributed by atoms with Gasteiger partial charge in [0, 0.05) is 0 Å². The molecule has 5 nitrogen and oxygen atoms in total. The van der Waals surface area contributed by atoms with Crippen LogP contribution < -0.4 is 5.32 Å². The van der Waals surface area contributed by atoms with Crippen molar-refractivity contribution in [1.82, 2.24) is 15.5 Å². The molecule has 5 heteroatoms. The molecule has 1 rings (SSSR count). The van der Waals surface area contributed by atoms with Gasteiger partial charge in [0.1, 0.15) is 5.60 Å². The average molecular weight is 223 g/mol. The van der Waals surface area contributed by atoms with Crippen LogP contribution in [0.5, 0.6) is 0 Å². The summed E-state index contributed by atoms with van der Waals surface area (Å²) < 4.78 is 5.08. The van der Waals surface area contributed by atoms with E-state index in [4.69, 9.17) is 4.74 Å². The fraction of sp³-hybridized carbons (Fsp3) is 0.545. The highest BCUT2D eigenvalue weighted by molar-refractivity contribution is 5.67. The molecule has 0 aliphatic rings. The summed E-state index contributed by atoms with van der Waals surface area (Å²) in [4.78, 5) is 11.3. The highest BCUT2D eigenvalue weighted by atomic mass is 16.6. The maximum Gasteiger partial charge on any atom is 0.407 e. The number of carbonyl (C=O) groups is 1. The second-order valence-corrected chi connectivity index (χ2v) is 4.52. The summed E-state index contributed by atoms with van der Waals surface area (Å²) in [5, 5.41) is 10.4. The number of nitrogens with one attached hydrogen (secondary N) is 1. The lowest BCUT2D eigenvalue weighted by molar-refractivity contribution is 0.0523. The molecular weight excluding hydrogens is 206 g/mol. The van der Waals surface area contributed by atoms with Crippen molar-refractivity contribution in [3.63, 3.8) is 0 Å². The quantitative estimate of drug-likeness (QED) is 0.830. The van der Waals surface area contributed by atoms with E-state index >= 15 is 0 Å². The van der Waals surface area contributed by atoms with Crippen LogP contribution in [0.3, 0.4) is 0 Å². The fourth-order valence-corrected chi connectivity index (χ4v) is 0.998. The van der Waals surface area contributed by atoms with E-state index in [1.165, 1.54) is 0 Å². The molecule has 0 saturated heterocycles. The first kappa shape index (κ1) is 12.4. The van der Waals surface area contributed by atoms with Gasteiger partial charge in [0.05, 0.1) is 17.9 Å². The predicted molar refractivity (Wildman–Crippen MR) is 59.8 cm³/mol. The third-order valence-corrected chi connectivity index (χ3v) is 1.67. The summed E-state index contributed by atoms with van der Waals surface area (Å²) in [5.74, 6) is 0. The minimum atomic E-state index is -0.483. The van der Waals surface area contributed by atoms with Gasteiger partial charge in [0.15, 0.2) is 0 Å². The lowest BCUT2D eigenvalue weighted by Gasteiger charge is -2.19. The number of carbonyl (C=O) groups excluding carboxylic acids is 1. The highest BCUT2D eigenvalue weighted by Crippen LogP contribution is 2.06. The van der Waals surface area contributed by atoms with E-state index in [2.05, 4.69) is 15.5 Å². The van der Waals surface area contributed by atoms with Crippen LogP contribution >= 0.6 is 0 Å². The van der Waals surface area contributed by atoms with Gasteiger partial charge in [-0.1, -0.05) is 0 Å². The number of amides is 1. The van der Waals surface area contributed by atoms with Crippen LogP contribution in [0.25, 0.3) is 0 Å². The Morgan fingerprint density at radius 3 is 2.56 bits per heavy atom. The summed E-state index contributed by atoms with van der Waals surface area (Å²) in [5.41, 5.74) is 1.07. The molecule has 1 aromatic rings. The van der Waals surface area contributed by atoms with Gasteiger partial charge < -0.3 is 10.1 Å². The van der Waals surface area contributed by atoms with Gasteiger partial charge in [-0.25, -0.2) is 4.79 Å². The van der Waals surface area contributed by atoms with Crippen LogP contribution in [0.2, 0.25) is 0 Å². The van der Waals surface area contributed by atoms with E-state index in [0.29, 0.717) is 12.2 Å².